The average molecular weight is 409 g/mol. The standard InChI is InChI=1S/C18H18F3N5OS/c1-11-8-14(12(2)26(11)10-18(19,20)21)15(27)9-28-17-24-23-16(25(17)3)13-4-6-22-7-5-13/h4-8H,9-10H2,1-3H3. The Bertz CT molecular complexity index is 995. The number of carbonyl (C=O) groups excluding carboxylic acids is 1. The van der Waals surface area contributed by atoms with Crippen LogP contribution in [0.2, 0.25) is 0 Å². The first-order valence-corrected chi connectivity index (χ1v) is 9.35. The van der Waals surface area contributed by atoms with Crippen molar-refractivity contribution in [2.75, 3.05) is 5.75 Å². The molecule has 3 heterocycles. The largest absolute Gasteiger partial charge is 0.406 e. The molecule has 0 amide bonds. The third-order valence-corrected chi connectivity index (χ3v) is 5.34. The third-order valence-electron chi connectivity index (χ3n) is 4.32. The Morgan fingerprint density at radius 1 is 1.18 bits per heavy atom. The van der Waals surface area contributed by atoms with Gasteiger partial charge in [-0.25, -0.2) is 0 Å². The van der Waals surface area contributed by atoms with E-state index in [9.17, 15) is 18.0 Å². The highest BCUT2D eigenvalue weighted by molar-refractivity contribution is 7.99. The Kier molecular flexibility index (Phi) is 5.59. The molecule has 0 unspecified atom stereocenters. The SMILES string of the molecule is Cc1cc(C(=O)CSc2nnc(-c3ccncc3)n2C)c(C)n1CC(F)(F)F. The number of ketones is 1. The van der Waals surface area contributed by atoms with E-state index in [1.165, 1.54) is 24.8 Å². The molecule has 0 aliphatic carbocycles. The maximum absolute atomic E-state index is 12.7. The number of aromatic nitrogens is 5. The molecule has 0 spiro atoms. The van der Waals surface area contributed by atoms with Crippen molar-refractivity contribution >= 4 is 17.5 Å². The van der Waals surface area contributed by atoms with Crippen molar-refractivity contribution in [3.8, 4) is 11.4 Å². The average Bonchev–Trinajstić information content (AvgIpc) is 3.14. The monoisotopic (exact) mass is 409 g/mol. The van der Waals surface area contributed by atoms with Crippen LogP contribution in [0.25, 0.3) is 11.4 Å². The van der Waals surface area contributed by atoms with E-state index in [1.54, 1.807) is 43.1 Å². The van der Waals surface area contributed by atoms with Gasteiger partial charge in [-0.3, -0.25) is 9.78 Å². The van der Waals surface area contributed by atoms with Crippen molar-refractivity contribution in [1.29, 1.82) is 0 Å². The molecule has 0 bridgehead atoms. The highest BCUT2D eigenvalue weighted by Gasteiger charge is 2.30. The number of alkyl halides is 3. The summed E-state index contributed by atoms with van der Waals surface area (Å²) in [4.78, 5) is 16.5. The summed E-state index contributed by atoms with van der Waals surface area (Å²) in [5.74, 6) is 0.444. The number of hydrogen-bond acceptors (Lipinski definition) is 5. The van der Waals surface area contributed by atoms with Gasteiger partial charge in [0.2, 0.25) is 0 Å². The molecular formula is C18H18F3N5OS. The van der Waals surface area contributed by atoms with Crippen LogP contribution in [0.4, 0.5) is 13.2 Å². The van der Waals surface area contributed by atoms with Crippen LogP contribution in [0.1, 0.15) is 21.7 Å². The quantitative estimate of drug-likeness (QED) is 0.457. The van der Waals surface area contributed by atoms with Crippen LogP contribution in [0, 0.1) is 13.8 Å². The fraction of sp³-hybridized carbons (Fsp3) is 0.333. The van der Waals surface area contributed by atoms with E-state index in [0.29, 0.717) is 27.9 Å². The van der Waals surface area contributed by atoms with E-state index < -0.39 is 12.7 Å². The van der Waals surface area contributed by atoms with Gasteiger partial charge in [0, 0.05) is 42.0 Å². The summed E-state index contributed by atoms with van der Waals surface area (Å²) in [5.41, 5.74) is 1.86. The number of carbonyl (C=O) groups is 1. The number of Topliss-reactive ketones (excluding diaryl/α,β-unsaturated/α-hetero) is 1. The van der Waals surface area contributed by atoms with Gasteiger partial charge in [-0.05, 0) is 32.0 Å². The Balaban J connectivity index is 1.74. The van der Waals surface area contributed by atoms with E-state index >= 15 is 0 Å². The molecule has 0 aliphatic heterocycles. The van der Waals surface area contributed by atoms with Crippen molar-refractivity contribution < 1.29 is 18.0 Å². The number of nitrogens with zero attached hydrogens (tertiary/aromatic N) is 5. The van der Waals surface area contributed by atoms with Gasteiger partial charge in [0.05, 0.1) is 5.75 Å². The lowest BCUT2D eigenvalue weighted by Crippen LogP contribution is -2.19. The molecule has 148 valence electrons. The van der Waals surface area contributed by atoms with E-state index in [-0.39, 0.29) is 11.5 Å². The van der Waals surface area contributed by atoms with Gasteiger partial charge >= 0.3 is 6.18 Å². The van der Waals surface area contributed by atoms with Gasteiger partial charge in [0.1, 0.15) is 6.54 Å². The number of pyridine rings is 1. The second kappa shape index (κ2) is 7.78. The first kappa shape index (κ1) is 20.1. The molecular weight excluding hydrogens is 391 g/mol. The summed E-state index contributed by atoms with van der Waals surface area (Å²) in [6.07, 6.45) is -1.04. The second-order valence-electron chi connectivity index (χ2n) is 6.30. The maximum atomic E-state index is 12.7. The fourth-order valence-electron chi connectivity index (χ4n) is 2.91. The van der Waals surface area contributed by atoms with Crippen LogP contribution in [-0.2, 0) is 13.6 Å². The third kappa shape index (κ3) is 4.27. The molecule has 0 N–H and O–H groups in total. The fourth-order valence-corrected chi connectivity index (χ4v) is 3.70. The van der Waals surface area contributed by atoms with Crippen molar-refractivity contribution in [1.82, 2.24) is 24.3 Å². The minimum absolute atomic E-state index is 0.0542. The van der Waals surface area contributed by atoms with Crippen LogP contribution >= 0.6 is 11.8 Å². The summed E-state index contributed by atoms with van der Waals surface area (Å²) >= 11 is 1.20. The maximum Gasteiger partial charge on any atom is 0.406 e. The molecule has 0 aliphatic rings. The van der Waals surface area contributed by atoms with E-state index in [0.717, 1.165) is 10.1 Å². The van der Waals surface area contributed by atoms with Gasteiger partial charge in [-0.2, -0.15) is 13.2 Å². The van der Waals surface area contributed by atoms with Crippen molar-refractivity contribution in [2.45, 2.75) is 31.7 Å². The lowest BCUT2D eigenvalue weighted by Gasteiger charge is -2.12. The molecule has 28 heavy (non-hydrogen) atoms. The molecule has 3 aromatic heterocycles. The summed E-state index contributed by atoms with van der Waals surface area (Å²) < 4.78 is 41.1. The zero-order valence-electron chi connectivity index (χ0n) is 15.5. The minimum atomic E-state index is -4.34. The zero-order chi connectivity index (χ0) is 20.5. The highest BCUT2D eigenvalue weighted by Crippen LogP contribution is 2.26. The summed E-state index contributed by atoms with van der Waals surface area (Å²) in [5, 5.41) is 8.78. The van der Waals surface area contributed by atoms with Crippen LogP contribution in [0.5, 0.6) is 0 Å². The number of rotatable bonds is 6. The van der Waals surface area contributed by atoms with Gasteiger partial charge < -0.3 is 9.13 Å². The first-order chi connectivity index (χ1) is 13.2. The normalized spacial score (nSPS) is 11.8. The molecule has 10 heteroatoms. The minimum Gasteiger partial charge on any atom is -0.339 e. The Hall–Kier alpha value is -2.62. The topological polar surface area (TPSA) is 65.6 Å². The van der Waals surface area contributed by atoms with Crippen molar-refractivity contribution in [3.63, 3.8) is 0 Å². The predicted octanol–water partition coefficient (Wildman–Crippen LogP) is 3.83. The molecule has 0 saturated heterocycles. The van der Waals surface area contributed by atoms with E-state index in [1.807, 2.05) is 0 Å². The first-order valence-electron chi connectivity index (χ1n) is 8.36. The highest BCUT2D eigenvalue weighted by atomic mass is 32.2. The number of halogens is 3. The zero-order valence-corrected chi connectivity index (χ0v) is 16.3. The number of aryl methyl sites for hydroxylation is 1. The Labute approximate surface area is 163 Å². The van der Waals surface area contributed by atoms with Gasteiger partial charge in [0.15, 0.2) is 16.8 Å². The molecule has 0 radical (unpaired) electrons. The lowest BCUT2D eigenvalue weighted by molar-refractivity contribution is -0.141. The molecule has 0 saturated carbocycles. The van der Waals surface area contributed by atoms with E-state index in [4.69, 9.17) is 0 Å². The number of thioether (sulfide) groups is 1. The van der Waals surface area contributed by atoms with Crippen molar-refractivity contribution in [2.24, 2.45) is 7.05 Å². The molecule has 6 nitrogen and oxygen atoms in total. The summed E-state index contributed by atoms with van der Waals surface area (Å²) in [6.45, 7) is 1.98. The van der Waals surface area contributed by atoms with Crippen molar-refractivity contribution in [3.05, 3.63) is 47.5 Å². The predicted molar refractivity (Wildman–Crippen MR) is 99.2 cm³/mol. The van der Waals surface area contributed by atoms with Crippen LogP contribution in [0.15, 0.2) is 35.7 Å². The lowest BCUT2D eigenvalue weighted by atomic mass is 10.2. The summed E-state index contributed by atoms with van der Waals surface area (Å²) in [6, 6.07) is 5.11. The summed E-state index contributed by atoms with van der Waals surface area (Å²) in [7, 11) is 1.79. The molecule has 3 rings (SSSR count). The molecule has 0 aromatic carbocycles. The Morgan fingerprint density at radius 2 is 1.86 bits per heavy atom. The van der Waals surface area contributed by atoms with Crippen LogP contribution < -0.4 is 0 Å². The number of hydrogen-bond donors (Lipinski definition) is 0. The smallest absolute Gasteiger partial charge is 0.339 e. The van der Waals surface area contributed by atoms with Crippen LogP contribution in [0.3, 0.4) is 0 Å². The van der Waals surface area contributed by atoms with Gasteiger partial charge in [-0.1, -0.05) is 11.8 Å². The second-order valence-corrected chi connectivity index (χ2v) is 7.24. The molecule has 3 aromatic rings. The van der Waals surface area contributed by atoms with Gasteiger partial charge in [-0.15, -0.1) is 10.2 Å². The molecule has 0 atom stereocenters. The molecule has 0 fully saturated rings. The van der Waals surface area contributed by atoms with Crippen LogP contribution in [-0.4, -0.2) is 42.0 Å². The Morgan fingerprint density at radius 3 is 2.50 bits per heavy atom. The van der Waals surface area contributed by atoms with E-state index in [2.05, 4.69) is 15.2 Å². The van der Waals surface area contributed by atoms with Gasteiger partial charge in [0.25, 0.3) is 0 Å².